The summed E-state index contributed by atoms with van der Waals surface area (Å²) in [7, 11) is 0. The molecule has 2 rings (SSSR count). The summed E-state index contributed by atoms with van der Waals surface area (Å²) in [5.41, 5.74) is 0.531. The summed E-state index contributed by atoms with van der Waals surface area (Å²) in [6, 6.07) is 0. The highest BCUT2D eigenvalue weighted by atomic mass is 32.2. The van der Waals surface area contributed by atoms with Gasteiger partial charge in [0.05, 0.1) is 0 Å². The van der Waals surface area contributed by atoms with Gasteiger partial charge in [0.1, 0.15) is 0 Å². The van der Waals surface area contributed by atoms with Crippen LogP contribution in [0.4, 0.5) is 0 Å². The van der Waals surface area contributed by atoms with E-state index in [9.17, 15) is 0 Å². The van der Waals surface area contributed by atoms with Gasteiger partial charge in [-0.3, -0.25) is 0 Å². The molecule has 0 spiro atoms. The molecule has 5 unspecified atom stereocenters. The van der Waals surface area contributed by atoms with Gasteiger partial charge in [-0.15, -0.1) is 0 Å². The molecule has 2 saturated carbocycles. The molecule has 2 aliphatic rings. The van der Waals surface area contributed by atoms with E-state index in [2.05, 4.69) is 53.3 Å². The van der Waals surface area contributed by atoms with E-state index in [0.29, 0.717) is 5.41 Å². The molecular weight excluding hydrogens is 296 g/mol. The highest BCUT2D eigenvalue weighted by Gasteiger charge is 2.36. The number of hydrogen-bond donors (Lipinski definition) is 0. The molecular formula is C22H42S. The van der Waals surface area contributed by atoms with E-state index < -0.39 is 0 Å². The van der Waals surface area contributed by atoms with Gasteiger partial charge in [-0.05, 0) is 67.6 Å². The lowest BCUT2D eigenvalue weighted by Crippen LogP contribution is -2.31. The standard InChI is InChI=1S/C22H42S/c1-7-20(16(2)3)23-21-15-17(4)22(5,6)14-13-18-9-8-10-19(21)12-11-18/h16-21H,7-15H2,1-6H3. The maximum Gasteiger partial charge on any atom is 0.00809 e. The third-order valence-electron chi connectivity index (χ3n) is 7.27. The van der Waals surface area contributed by atoms with Crippen molar-refractivity contribution in [3.05, 3.63) is 0 Å². The maximum absolute atomic E-state index is 2.55. The minimum atomic E-state index is 0.531. The van der Waals surface area contributed by atoms with E-state index in [1.165, 1.54) is 57.8 Å². The molecule has 5 atom stereocenters. The predicted molar refractivity (Wildman–Crippen MR) is 107 cm³/mol. The second-order valence-electron chi connectivity index (χ2n) is 9.66. The first-order valence-corrected chi connectivity index (χ1v) is 11.4. The van der Waals surface area contributed by atoms with Crippen molar-refractivity contribution in [2.75, 3.05) is 0 Å². The van der Waals surface area contributed by atoms with Gasteiger partial charge in [0.2, 0.25) is 0 Å². The summed E-state index contributed by atoms with van der Waals surface area (Å²) >= 11 is 2.38. The van der Waals surface area contributed by atoms with Crippen molar-refractivity contribution in [3.63, 3.8) is 0 Å². The van der Waals surface area contributed by atoms with Crippen molar-refractivity contribution in [2.45, 2.75) is 110 Å². The SMILES string of the molecule is CCC(SC1CC(C)C(C)(C)CCC2CCCC1CC2)C(C)C. The number of hydrogen-bond acceptors (Lipinski definition) is 1. The fourth-order valence-electron chi connectivity index (χ4n) is 4.87. The Morgan fingerprint density at radius 2 is 1.78 bits per heavy atom. The first kappa shape index (κ1) is 19.7. The Kier molecular flexibility index (Phi) is 7.38. The van der Waals surface area contributed by atoms with Gasteiger partial charge >= 0.3 is 0 Å². The van der Waals surface area contributed by atoms with Crippen LogP contribution in [-0.4, -0.2) is 10.5 Å². The van der Waals surface area contributed by atoms with Crippen LogP contribution in [0.3, 0.4) is 0 Å². The van der Waals surface area contributed by atoms with Crippen molar-refractivity contribution in [3.8, 4) is 0 Å². The minimum absolute atomic E-state index is 0.531. The summed E-state index contributed by atoms with van der Waals surface area (Å²) in [6.07, 6.45) is 13.3. The normalized spacial score (nSPS) is 36.7. The van der Waals surface area contributed by atoms with E-state index in [4.69, 9.17) is 0 Å². The van der Waals surface area contributed by atoms with Crippen LogP contribution in [0.25, 0.3) is 0 Å². The van der Waals surface area contributed by atoms with Crippen LogP contribution in [-0.2, 0) is 0 Å². The summed E-state index contributed by atoms with van der Waals surface area (Å²) in [4.78, 5) is 0. The number of fused-ring (bicyclic) bond motifs is 3. The largest absolute Gasteiger partial charge is 0.155 e. The van der Waals surface area contributed by atoms with Crippen molar-refractivity contribution in [1.82, 2.24) is 0 Å². The second kappa shape index (κ2) is 8.63. The minimum Gasteiger partial charge on any atom is -0.155 e. The molecule has 2 fully saturated rings. The van der Waals surface area contributed by atoms with Crippen molar-refractivity contribution in [1.29, 1.82) is 0 Å². The molecule has 136 valence electrons. The molecule has 0 N–H and O–H groups in total. The summed E-state index contributed by atoms with van der Waals surface area (Å²) in [5, 5.41) is 1.77. The Balaban J connectivity index is 2.17. The van der Waals surface area contributed by atoms with Crippen molar-refractivity contribution >= 4 is 11.8 Å². The first-order valence-electron chi connectivity index (χ1n) is 10.5. The summed E-state index contributed by atoms with van der Waals surface area (Å²) in [6.45, 7) is 14.9. The smallest absolute Gasteiger partial charge is 0.00809 e. The van der Waals surface area contributed by atoms with Crippen LogP contribution in [0.5, 0.6) is 0 Å². The quantitative estimate of drug-likeness (QED) is 0.509. The fourth-order valence-corrected chi connectivity index (χ4v) is 6.72. The number of rotatable bonds is 4. The molecule has 0 nitrogen and oxygen atoms in total. The Labute approximate surface area is 151 Å². The zero-order chi connectivity index (χ0) is 17.0. The maximum atomic E-state index is 2.55. The first-order chi connectivity index (χ1) is 10.8. The van der Waals surface area contributed by atoms with Gasteiger partial charge in [-0.1, -0.05) is 60.8 Å². The summed E-state index contributed by atoms with van der Waals surface area (Å²) in [5.74, 6) is 3.71. The van der Waals surface area contributed by atoms with Crippen LogP contribution >= 0.6 is 11.8 Å². The molecule has 0 saturated heterocycles. The van der Waals surface area contributed by atoms with Gasteiger partial charge in [-0.25, -0.2) is 0 Å². The van der Waals surface area contributed by atoms with Gasteiger partial charge in [0.25, 0.3) is 0 Å². The molecule has 0 aromatic heterocycles. The van der Waals surface area contributed by atoms with Gasteiger partial charge in [0, 0.05) is 10.5 Å². The lowest BCUT2D eigenvalue weighted by molar-refractivity contribution is 0.165. The summed E-state index contributed by atoms with van der Waals surface area (Å²) < 4.78 is 0. The van der Waals surface area contributed by atoms with Crippen LogP contribution < -0.4 is 0 Å². The molecule has 0 radical (unpaired) electrons. The Morgan fingerprint density at radius 3 is 2.43 bits per heavy atom. The average Bonchev–Trinajstić information content (AvgIpc) is 2.74. The zero-order valence-corrected chi connectivity index (χ0v) is 17.6. The van der Waals surface area contributed by atoms with E-state index in [0.717, 1.165) is 34.2 Å². The van der Waals surface area contributed by atoms with Crippen LogP contribution in [0.2, 0.25) is 0 Å². The van der Waals surface area contributed by atoms with E-state index >= 15 is 0 Å². The lowest BCUT2D eigenvalue weighted by Gasteiger charge is -2.39. The molecule has 0 heterocycles. The molecule has 2 bridgehead atoms. The van der Waals surface area contributed by atoms with Crippen molar-refractivity contribution < 1.29 is 0 Å². The van der Waals surface area contributed by atoms with Gasteiger partial charge in [0.15, 0.2) is 0 Å². The van der Waals surface area contributed by atoms with Crippen molar-refractivity contribution in [2.24, 2.45) is 29.1 Å². The zero-order valence-electron chi connectivity index (χ0n) is 16.7. The Morgan fingerprint density at radius 1 is 1.04 bits per heavy atom. The highest BCUT2D eigenvalue weighted by molar-refractivity contribution is 8.00. The Hall–Kier alpha value is 0.350. The fraction of sp³-hybridized carbons (Fsp3) is 1.00. The van der Waals surface area contributed by atoms with Crippen LogP contribution in [0.15, 0.2) is 0 Å². The molecule has 1 heteroatoms. The lowest BCUT2D eigenvalue weighted by atomic mass is 9.71. The molecule has 0 amide bonds. The molecule has 23 heavy (non-hydrogen) atoms. The second-order valence-corrected chi connectivity index (χ2v) is 11.1. The monoisotopic (exact) mass is 338 g/mol. The number of thioether (sulfide) groups is 1. The molecule has 0 aromatic rings. The molecule has 0 aliphatic heterocycles. The van der Waals surface area contributed by atoms with Gasteiger partial charge in [-0.2, -0.15) is 11.8 Å². The van der Waals surface area contributed by atoms with Crippen LogP contribution in [0.1, 0.15) is 99.3 Å². The Bertz CT molecular complexity index is 346. The highest BCUT2D eigenvalue weighted by Crippen LogP contribution is 2.47. The molecule has 0 aromatic carbocycles. The third kappa shape index (κ3) is 5.41. The van der Waals surface area contributed by atoms with E-state index in [1.807, 2.05) is 0 Å². The van der Waals surface area contributed by atoms with E-state index in [-0.39, 0.29) is 0 Å². The topological polar surface area (TPSA) is 0 Å². The molecule has 2 aliphatic carbocycles. The van der Waals surface area contributed by atoms with Gasteiger partial charge < -0.3 is 0 Å². The van der Waals surface area contributed by atoms with Crippen LogP contribution in [0, 0.1) is 29.1 Å². The third-order valence-corrected chi connectivity index (χ3v) is 9.43. The predicted octanol–water partition coefficient (Wildman–Crippen LogP) is 7.57. The van der Waals surface area contributed by atoms with E-state index in [1.54, 1.807) is 0 Å². The average molecular weight is 339 g/mol.